The Kier molecular flexibility index (Phi) is 3.86. The van der Waals surface area contributed by atoms with Crippen LogP contribution in [0.15, 0.2) is 48.5 Å². The lowest BCUT2D eigenvalue weighted by Gasteiger charge is -2.06. The van der Waals surface area contributed by atoms with Crippen molar-refractivity contribution < 1.29 is 4.79 Å². The van der Waals surface area contributed by atoms with E-state index in [-0.39, 0.29) is 11.3 Å². The second-order valence-electron chi connectivity index (χ2n) is 6.90. The minimum atomic E-state index is 0.0465. The molecule has 1 nitrogen and oxygen atoms in total. The fourth-order valence-electron chi connectivity index (χ4n) is 3.65. The van der Waals surface area contributed by atoms with E-state index in [4.69, 9.17) is 11.6 Å². The average molecular weight is 313 g/mol. The molecule has 0 amide bonds. The number of hydrogen-bond donors (Lipinski definition) is 0. The molecule has 22 heavy (non-hydrogen) atoms. The zero-order chi connectivity index (χ0) is 15.9. The Labute approximate surface area is 137 Å². The van der Waals surface area contributed by atoms with Gasteiger partial charge in [0.05, 0.1) is 0 Å². The van der Waals surface area contributed by atoms with Crippen molar-refractivity contribution in [2.24, 2.45) is 11.3 Å². The van der Waals surface area contributed by atoms with Crippen molar-refractivity contribution in [2.75, 3.05) is 0 Å². The molecule has 1 aliphatic carbocycles. The number of carbonyl (C=O) groups excluding carboxylic acids is 1. The van der Waals surface area contributed by atoms with E-state index in [1.165, 1.54) is 5.56 Å². The summed E-state index contributed by atoms with van der Waals surface area (Å²) in [6.07, 6.45) is 0.476. The van der Waals surface area contributed by atoms with Crippen LogP contribution in [-0.2, 0) is 11.2 Å². The van der Waals surface area contributed by atoms with Crippen LogP contribution in [-0.4, -0.2) is 5.78 Å². The van der Waals surface area contributed by atoms with E-state index in [2.05, 4.69) is 26.0 Å². The number of halogens is 1. The summed E-state index contributed by atoms with van der Waals surface area (Å²) in [4.78, 5) is 12.8. The molecule has 0 N–H and O–H groups in total. The molecule has 0 unspecified atom stereocenters. The predicted octanol–water partition coefficient (Wildman–Crippen LogP) is 5.20. The number of benzene rings is 2. The van der Waals surface area contributed by atoms with E-state index in [0.29, 0.717) is 23.1 Å². The highest BCUT2D eigenvalue weighted by Crippen LogP contribution is 2.64. The van der Waals surface area contributed by atoms with Crippen LogP contribution in [0.25, 0.3) is 0 Å². The number of carbonyl (C=O) groups is 1. The highest BCUT2D eigenvalue weighted by atomic mass is 35.5. The summed E-state index contributed by atoms with van der Waals surface area (Å²) in [5, 5.41) is 0.697. The van der Waals surface area contributed by atoms with Crippen molar-refractivity contribution in [3.63, 3.8) is 0 Å². The summed E-state index contributed by atoms with van der Waals surface area (Å²) in [7, 11) is 0. The molecule has 2 atom stereocenters. The van der Waals surface area contributed by atoms with E-state index in [1.54, 1.807) is 0 Å². The van der Waals surface area contributed by atoms with Gasteiger partial charge < -0.3 is 0 Å². The third-order valence-electron chi connectivity index (χ3n) is 5.01. The molecular formula is C20H21ClO. The lowest BCUT2D eigenvalue weighted by atomic mass is 9.98. The summed E-state index contributed by atoms with van der Waals surface area (Å²) in [5.74, 6) is 0.762. The maximum Gasteiger partial charge on any atom is 0.141 e. The summed E-state index contributed by atoms with van der Waals surface area (Å²) in [5.41, 5.74) is 3.50. The van der Waals surface area contributed by atoms with E-state index in [0.717, 1.165) is 11.1 Å². The molecule has 0 spiro atoms. The molecule has 2 aromatic rings. The number of ketones is 1. The summed E-state index contributed by atoms with van der Waals surface area (Å²) < 4.78 is 0. The molecular weight excluding hydrogens is 292 g/mol. The van der Waals surface area contributed by atoms with Crippen molar-refractivity contribution in [3.05, 3.63) is 70.2 Å². The molecule has 1 fully saturated rings. The van der Waals surface area contributed by atoms with Crippen molar-refractivity contribution in [1.82, 2.24) is 0 Å². The van der Waals surface area contributed by atoms with Crippen molar-refractivity contribution in [2.45, 2.75) is 33.1 Å². The summed E-state index contributed by atoms with van der Waals surface area (Å²) in [6, 6.07) is 16.1. The molecule has 0 bridgehead atoms. The number of rotatable bonds is 4. The van der Waals surface area contributed by atoms with Gasteiger partial charge >= 0.3 is 0 Å². The molecule has 3 rings (SSSR count). The normalized spacial score (nSPS) is 22.4. The Morgan fingerprint density at radius 1 is 1.14 bits per heavy atom. The largest absolute Gasteiger partial charge is 0.299 e. The maximum absolute atomic E-state index is 12.8. The molecule has 114 valence electrons. The quantitative estimate of drug-likeness (QED) is 0.758. The lowest BCUT2D eigenvalue weighted by Crippen LogP contribution is -2.10. The summed E-state index contributed by atoms with van der Waals surface area (Å²) >= 11 is 6.06. The third kappa shape index (κ3) is 2.70. The van der Waals surface area contributed by atoms with Gasteiger partial charge in [-0.1, -0.05) is 61.8 Å². The zero-order valence-corrected chi connectivity index (χ0v) is 14.0. The SMILES string of the molecule is Cc1ccc(Cl)cc1CC(=O)[C@@H]1[C@@H](c2ccccc2)C1(C)C. The van der Waals surface area contributed by atoms with Crippen molar-refractivity contribution in [3.8, 4) is 0 Å². The minimum absolute atomic E-state index is 0.0465. The van der Waals surface area contributed by atoms with Crippen LogP contribution < -0.4 is 0 Å². The van der Waals surface area contributed by atoms with Crippen LogP contribution >= 0.6 is 11.6 Å². The van der Waals surface area contributed by atoms with Gasteiger partial charge in [0.1, 0.15) is 5.78 Å². The van der Waals surface area contributed by atoms with Gasteiger partial charge in [-0.3, -0.25) is 4.79 Å². The number of Topliss-reactive ketones (excluding diaryl/α,β-unsaturated/α-hetero) is 1. The van der Waals surface area contributed by atoms with Crippen LogP contribution in [0.3, 0.4) is 0 Å². The van der Waals surface area contributed by atoms with E-state index >= 15 is 0 Å². The fourth-order valence-corrected chi connectivity index (χ4v) is 3.84. The van der Waals surface area contributed by atoms with E-state index < -0.39 is 0 Å². The van der Waals surface area contributed by atoms with Gasteiger partial charge in [0.2, 0.25) is 0 Å². The first kappa shape index (κ1) is 15.3. The Morgan fingerprint density at radius 3 is 2.50 bits per heavy atom. The molecule has 0 aliphatic heterocycles. The highest BCUT2D eigenvalue weighted by molar-refractivity contribution is 6.30. The standard InChI is InChI=1S/C20H21ClO/c1-13-9-10-16(21)11-15(13)12-17(22)19-18(20(19,2)3)14-7-5-4-6-8-14/h4-11,18-19H,12H2,1-3H3/t18-,19-/m1/s1. The van der Waals surface area contributed by atoms with E-state index in [9.17, 15) is 4.79 Å². The second kappa shape index (κ2) is 5.55. The number of aryl methyl sites for hydroxylation is 1. The zero-order valence-electron chi connectivity index (χ0n) is 13.3. The molecule has 1 saturated carbocycles. The molecule has 0 aromatic heterocycles. The van der Waals surface area contributed by atoms with Crippen LogP contribution in [0, 0.1) is 18.3 Å². The van der Waals surface area contributed by atoms with Gasteiger partial charge in [0.25, 0.3) is 0 Å². The van der Waals surface area contributed by atoms with Gasteiger partial charge in [-0.15, -0.1) is 0 Å². The first-order chi connectivity index (χ1) is 10.4. The Hall–Kier alpha value is -1.60. The smallest absolute Gasteiger partial charge is 0.141 e. The topological polar surface area (TPSA) is 17.1 Å². The Bertz CT molecular complexity index is 703. The van der Waals surface area contributed by atoms with Crippen LogP contribution in [0.2, 0.25) is 5.02 Å². The first-order valence-corrected chi connectivity index (χ1v) is 8.11. The van der Waals surface area contributed by atoms with Gasteiger partial charge in [-0.05, 0) is 47.1 Å². The van der Waals surface area contributed by atoms with Gasteiger partial charge in [-0.2, -0.15) is 0 Å². The second-order valence-corrected chi connectivity index (χ2v) is 7.34. The monoisotopic (exact) mass is 312 g/mol. The Morgan fingerprint density at radius 2 is 1.82 bits per heavy atom. The van der Waals surface area contributed by atoms with Crippen molar-refractivity contribution >= 4 is 17.4 Å². The van der Waals surface area contributed by atoms with Crippen LogP contribution in [0.5, 0.6) is 0 Å². The van der Waals surface area contributed by atoms with Crippen molar-refractivity contribution in [1.29, 1.82) is 0 Å². The lowest BCUT2D eigenvalue weighted by molar-refractivity contribution is -0.120. The Balaban J connectivity index is 1.80. The first-order valence-electron chi connectivity index (χ1n) is 7.74. The van der Waals surface area contributed by atoms with E-state index in [1.807, 2.05) is 43.3 Å². The number of hydrogen-bond acceptors (Lipinski definition) is 1. The molecule has 2 aromatic carbocycles. The van der Waals surface area contributed by atoms with Gasteiger partial charge in [0, 0.05) is 17.4 Å². The third-order valence-corrected chi connectivity index (χ3v) is 5.24. The van der Waals surface area contributed by atoms with Crippen LogP contribution in [0.1, 0.15) is 36.5 Å². The van der Waals surface area contributed by atoms with Gasteiger partial charge in [-0.25, -0.2) is 0 Å². The molecule has 2 heteroatoms. The maximum atomic E-state index is 12.8. The van der Waals surface area contributed by atoms with Gasteiger partial charge in [0.15, 0.2) is 0 Å². The molecule has 0 heterocycles. The molecule has 0 saturated heterocycles. The fraction of sp³-hybridized carbons (Fsp3) is 0.350. The average Bonchev–Trinajstić information content (AvgIpc) is 3.06. The van der Waals surface area contributed by atoms with Crippen LogP contribution in [0.4, 0.5) is 0 Å². The highest BCUT2D eigenvalue weighted by Gasteiger charge is 2.61. The summed E-state index contributed by atoms with van der Waals surface area (Å²) in [6.45, 7) is 6.42. The molecule has 0 radical (unpaired) electrons. The minimum Gasteiger partial charge on any atom is -0.299 e. The molecule has 1 aliphatic rings. The predicted molar refractivity (Wildman–Crippen MR) is 91.4 cm³/mol.